The van der Waals surface area contributed by atoms with Gasteiger partial charge in [-0.25, -0.2) is 13.1 Å². The number of hydrogen-bond acceptors (Lipinski definition) is 4. The molecule has 0 bridgehead atoms. The summed E-state index contributed by atoms with van der Waals surface area (Å²) >= 11 is 0. The molecule has 0 aromatic carbocycles. The van der Waals surface area contributed by atoms with Crippen LogP contribution in [-0.2, 0) is 16.4 Å². The van der Waals surface area contributed by atoms with Gasteiger partial charge in [0.05, 0.1) is 11.6 Å². The Morgan fingerprint density at radius 3 is 2.79 bits per heavy atom. The molecule has 0 aliphatic heterocycles. The second kappa shape index (κ2) is 7.20. The standard InChI is InChI=1S/C12H20N4O2S/c1-2-10(9-12(13)14)16-19(17,18)8-6-11-5-3-4-7-15-11/h3-5,7,10,16H,2,6,8-9H2,1H3,(H3,13,14). The summed E-state index contributed by atoms with van der Waals surface area (Å²) < 4.78 is 26.4. The van der Waals surface area contributed by atoms with Crippen LogP contribution in [0.2, 0.25) is 0 Å². The third-order valence-electron chi connectivity index (χ3n) is 2.66. The van der Waals surface area contributed by atoms with Crippen LogP contribution in [-0.4, -0.2) is 31.0 Å². The number of amidine groups is 1. The molecule has 1 unspecified atom stereocenters. The van der Waals surface area contributed by atoms with Crippen molar-refractivity contribution in [3.8, 4) is 0 Å². The van der Waals surface area contributed by atoms with Gasteiger partial charge in [-0.1, -0.05) is 13.0 Å². The van der Waals surface area contributed by atoms with Crippen LogP contribution in [0.3, 0.4) is 0 Å². The summed E-state index contributed by atoms with van der Waals surface area (Å²) in [6.07, 6.45) is 2.84. The summed E-state index contributed by atoms with van der Waals surface area (Å²) in [4.78, 5) is 4.08. The van der Waals surface area contributed by atoms with Gasteiger partial charge in [0.1, 0.15) is 0 Å². The molecule has 1 heterocycles. The first kappa shape index (κ1) is 15.6. The minimum atomic E-state index is -3.38. The molecule has 0 aliphatic rings. The Hall–Kier alpha value is -1.47. The lowest BCUT2D eigenvalue weighted by Gasteiger charge is -2.16. The first-order chi connectivity index (χ1) is 8.93. The van der Waals surface area contributed by atoms with Crippen LogP contribution in [0.1, 0.15) is 25.5 Å². The Labute approximate surface area is 114 Å². The van der Waals surface area contributed by atoms with E-state index in [0.29, 0.717) is 12.8 Å². The summed E-state index contributed by atoms with van der Waals surface area (Å²) in [5, 5.41) is 7.21. The van der Waals surface area contributed by atoms with E-state index < -0.39 is 10.0 Å². The molecule has 0 saturated heterocycles. The van der Waals surface area contributed by atoms with E-state index in [1.807, 2.05) is 13.0 Å². The monoisotopic (exact) mass is 284 g/mol. The van der Waals surface area contributed by atoms with Crippen molar-refractivity contribution in [3.63, 3.8) is 0 Å². The Balaban J connectivity index is 2.53. The van der Waals surface area contributed by atoms with Gasteiger partial charge in [0.15, 0.2) is 0 Å². The summed E-state index contributed by atoms with van der Waals surface area (Å²) in [6, 6.07) is 5.09. The largest absolute Gasteiger partial charge is 0.388 e. The van der Waals surface area contributed by atoms with Crippen LogP contribution in [0.15, 0.2) is 24.4 Å². The average Bonchev–Trinajstić information content (AvgIpc) is 2.36. The topological polar surface area (TPSA) is 109 Å². The second-order valence-electron chi connectivity index (χ2n) is 4.34. The van der Waals surface area contributed by atoms with Crippen molar-refractivity contribution >= 4 is 15.9 Å². The number of sulfonamides is 1. The molecule has 106 valence electrons. The summed E-state index contributed by atoms with van der Waals surface area (Å²) in [5.41, 5.74) is 6.03. The maximum Gasteiger partial charge on any atom is 0.212 e. The lowest BCUT2D eigenvalue weighted by molar-refractivity contribution is 0.544. The van der Waals surface area contributed by atoms with Crippen LogP contribution >= 0.6 is 0 Å². The van der Waals surface area contributed by atoms with Gasteiger partial charge >= 0.3 is 0 Å². The highest BCUT2D eigenvalue weighted by Gasteiger charge is 2.17. The van der Waals surface area contributed by atoms with Crippen LogP contribution in [0.25, 0.3) is 0 Å². The molecule has 7 heteroatoms. The predicted molar refractivity (Wildman–Crippen MR) is 75.5 cm³/mol. The molecule has 0 fully saturated rings. The minimum absolute atomic E-state index is 0.0146. The van der Waals surface area contributed by atoms with Crippen molar-refractivity contribution in [1.82, 2.24) is 9.71 Å². The Bertz CT molecular complexity index is 502. The maximum atomic E-state index is 11.9. The molecule has 4 N–H and O–H groups in total. The zero-order chi connectivity index (χ0) is 14.3. The van der Waals surface area contributed by atoms with E-state index in [0.717, 1.165) is 5.69 Å². The number of hydrogen-bond donors (Lipinski definition) is 3. The Morgan fingerprint density at radius 2 is 2.26 bits per heavy atom. The number of rotatable bonds is 8. The Kier molecular flexibility index (Phi) is 5.91. The molecular formula is C12H20N4O2S. The smallest absolute Gasteiger partial charge is 0.212 e. The van der Waals surface area contributed by atoms with Crippen LogP contribution in [0, 0.1) is 5.41 Å². The molecule has 1 aromatic heterocycles. The number of aromatic nitrogens is 1. The van der Waals surface area contributed by atoms with Crippen molar-refractivity contribution in [2.75, 3.05) is 5.75 Å². The molecule has 0 spiro atoms. The molecule has 1 rings (SSSR count). The van der Waals surface area contributed by atoms with E-state index in [1.54, 1.807) is 18.3 Å². The van der Waals surface area contributed by atoms with E-state index in [1.165, 1.54) is 0 Å². The lowest BCUT2D eigenvalue weighted by atomic mass is 10.1. The van der Waals surface area contributed by atoms with Gasteiger partial charge in [-0.15, -0.1) is 0 Å². The van der Waals surface area contributed by atoms with Crippen molar-refractivity contribution in [1.29, 1.82) is 5.41 Å². The third-order valence-corrected chi connectivity index (χ3v) is 4.09. The van der Waals surface area contributed by atoms with Gasteiger partial charge < -0.3 is 5.73 Å². The van der Waals surface area contributed by atoms with Crippen LogP contribution < -0.4 is 10.5 Å². The van der Waals surface area contributed by atoms with Gasteiger partial charge in [-0.2, -0.15) is 0 Å². The van der Waals surface area contributed by atoms with E-state index >= 15 is 0 Å². The number of nitrogens with one attached hydrogen (secondary N) is 2. The fourth-order valence-electron chi connectivity index (χ4n) is 1.63. The number of pyridine rings is 1. The van der Waals surface area contributed by atoms with Crippen molar-refractivity contribution in [2.24, 2.45) is 5.73 Å². The molecule has 19 heavy (non-hydrogen) atoms. The predicted octanol–water partition coefficient (Wildman–Crippen LogP) is 0.648. The third kappa shape index (κ3) is 6.30. The number of aryl methyl sites for hydroxylation is 1. The van der Waals surface area contributed by atoms with Crippen LogP contribution in [0.4, 0.5) is 0 Å². The van der Waals surface area contributed by atoms with Crippen molar-refractivity contribution in [3.05, 3.63) is 30.1 Å². The van der Waals surface area contributed by atoms with E-state index in [-0.39, 0.29) is 24.1 Å². The van der Waals surface area contributed by atoms with Gasteiger partial charge in [0.2, 0.25) is 10.0 Å². The van der Waals surface area contributed by atoms with Gasteiger partial charge in [-0.05, 0) is 18.6 Å². The van der Waals surface area contributed by atoms with Crippen molar-refractivity contribution in [2.45, 2.75) is 32.2 Å². The molecular weight excluding hydrogens is 264 g/mol. The zero-order valence-electron chi connectivity index (χ0n) is 11.0. The summed E-state index contributed by atoms with van der Waals surface area (Å²) in [5.74, 6) is -0.0300. The second-order valence-corrected chi connectivity index (χ2v) is 6.22. The lowest BCUT2D eigenvalue weighted by Crippen LogP contribution is -2.38. The van der Waals surface area contributed by atoms with E-state index in [9.17, 15) is 8.42 Å². The number of nitrogens with zero attached hydrogens (tertiary/aromatic N) is 1. The Morgan fingerprint density at radius 1 is 1.53 bits per heavy atom. The minimum Gasteiger partial charge on any atom is -0.388 e. The zero-order valence-corrected chi connectivity index (χ0v) is 11.8. The summed E-state index contributed by atoms with van der Waals surface area (Å²) in [7, 11) is -3.38. The summed E-state index contributed by atoms with van der Waals surface area (Å²) in [6.45, 7) is 1.86. The molecule has 1 aromatic rings. The first-order valence-corrected chi connectivity index (χ1v) is 7.81. The SMILES string of the molecule is CCC(CC(=N)N)NS(=O)(=O)CCc1ccccn1. The van der Waals surface area contributed by atoms with Crippen LogP contribution in [0.5, 0.6) is 0 Å². The molecule has 0 radical (unpaired) electrons. The molecule has 0 saturated carbocycles. The normalized spacial score (nSPS) is 13.1. The molecule has 6 nitrogen and oxygen atoms in total. The maximum absolute atomic E-state index is 11.9. The highest BCUT2D eigenvalue weighted by molar-refractivity contribution is 7.89. The van der Waals surface area contributed by atoms with E-state index in [2.05, 4.69) is 9.71 Å². The van der Waals surface area contributed by atoms with Crippen molar-refractivity contribution < 1.29 is 8.42 Å². The highest BCUT2D eigenvalue weighted by atomic mass is 32.2. The van der Waals surface area contributed by atoms with Gasteiger partial charge in [-0.3, -0.25) is 10.4 Å². The average molecular weight is 284 g/mol. The fraction of sp³-hybridized carbons (Fsp3) is 0.500. The molecule has 0 aliphatic carbocycles. The number of nitrogens with two attached hydrogens (primary N) is 1. The molecule has 1 atom stereocenters. The van der Waals surface area contributed by atoms with Gasteiger partial charge in [0, 0.05) is 30.8 Å². The molecule has 0 amide bonds. The van der Waals surface area contributed by atoms with Gasteiger partial charge in [0.25, 0.3) is 0 Å². The highest BCUT2D eigenvalue weighted by Crippen LogP contribution is 2.02. The quantitative estimate of drug-likeness (QED) is 0.481. The fourth-order valence-corrected chi connectivity index (χ4v) is 2.99. The first-order valence-electron chi connectivity index (χ1n) is 6.15. The van der Waals surface area contributed by atoms with E-state index in [4.69, 9.17) is 11.1 Å².